The summed E-state index contributed by atoms with van der Waals surface area (Å²) in [5.74, 6) is 0. The van der Waals surface area contributed by atoms with Crippen LogP contribution in [0.4, 0.5) is 10.8 Å². The minimum absolute atomic E-state index is 0. The summed E-state index contributed by atoms with van der Waals surface area (Å²) in [6.45, 7) is 5.22. The van der Waals surface area contributed by atoms with E-state index in [-0.39, 0.29) is 38.5 Å². The van der Waals surface area contributed by atoms with Crippen LogP contribution in [0.5, 0.6) is 0 Å². The molecule has 0 spiro atoms. The van der Waals surface area contributed by atoms with Crippen LogP contribution in [0.25, 0.3) is 11.3 Å². The third-order valence-corrected chi connectivity index (χ3v) is 10.6. The SMILES string of the molecule is Br.Cc1ccc(C)c(C2=NN(c3nc(-c4ccc(S(=O)(=O)N5CCCCC5)cc4)cs3)C(c3cccc([N+](=O)[O-])c3)C2)c1. The Labute approximate surface area is 265 Å². The molecule has 0 saturated carbocycles. The maximum atomic E-state index is 13.1. The van der Waals surface area contributed by atoms with Gasteiger partial charge in [-0.25, -0.2) is 18.4 Å². The van der Waals surface area contributed by atoms with E-state index in [0.717, 1.165) is 52.8 Å². The molecule has 43 heavy (non-hydrogen) atoms. The molecule has 9 nitrogen and oxygen atoms in total. The molecule has 2 aliphatic heterocycles. The molecule has 0 N–H and O–H groups in total. The fraction of sp³-hybridized carbons (Fsp3) is 0.290. The Kier molecular flexibility index (Phi) is 9.12. The predicted molar refractivity (Wildman–Crippen MR) is 176 cm³/mol. The maximum absolute atomic E-state index is 13.1. The van der Waals surface area contributed by atoms with Crippen LogP contribution in [-0.2, 0) is 10.0 Å². The van der Waals surface area contributed by atoms with Gasteiger partial charge in [0, 0.05) is 48.2 Å². The summed E-state index contributed by atoms with van der Waals surface area (Å²) in [6, 6.07) is 19.6. The molecule has 1 unspecified atom stereocenters. The number of piperidine rings is 1. The van der Waals surface area contributed by atoms with E-state index in [1.165, 1.54) is 17.4 Å². The number of sulfonamides is 1. The zero-order valence-corrected chi connectivity index (χ0v) is 27.2. The number of hydrogen-bond donors (Lipinski definition) is 0. The predicted octanol–water partition coefficient (Wildman–Crippen LogP) is 7.44. The number of thiazole rings is 1. The molecular weight excluding hydrogens is 650 g/mol. The Hall–Kier alpha value is -3.45. The number of nitro groups is 1. The molecule has 4 aromatic rings. The maximum Gasteiger partial charge on any atom is 0.269 e. The normalized spacial score (nSPS) is 17.4. The van der Waals surface area contributed by atoms with E-state index in [2.05, 4.69) is 25.1 Å². The molecule has 1 saturated heterocycles. The van der Waals surface area contributed by atoms with Crippen molar-refractivity contribution in [2.75, 3.05) is 18.1 Å². The number of nitrogens with zero attached hydrogens (tertiary/aromatic N) is 5. The number of rotatable bonds is 7. The Morgan fingerprint density at radius 2 is 1.72 bits per heavy atom. The summed E-state index contributed by atoms with van der Waals surface area (Å²) in [5.41, 5.74) is 6.53. The summed E-state index contributed by atoms with van der Waals surface area (Å²) >= 11 is 1.43. The number of benzene rings is 3. The van der Waals surface area contributed by atoms with Crippen molar-refractivity contribution >= 4 is 54.9 Å². The molecule has 1 aromatic heterocycles. The molecule has 12 heteroatoms. The largest absolute Gasteiger partial charge is 0.269 e. The molecule has 0 amide bonds. The molecule has 1 fully saturated rings. The lowest BCUT2D eigenvalue weighted by molar-refractivity contribution is -0.384. The van der Waals surface area contributed by atoms with E-state index in [1.54, 1.807) is 40.7 Å². The molecule has 224 valence electrons. The van der Waals surface area contributed by atoms with Crippen LogP contribution in [0.2, 0.25) is 0 Å². The highest BCUT2D eigenvalue weighted by Gasteiger charge is 2.33. The summed E-state index contributed by atoms with van der Waals surface area (Å²) < 4.78 is 27.8. The van der Waals surface area contributed by atoms with Crippen LogP contribution in [0.15, 0.2) is 82.1 Å². The fourth-order valence-corrected chi connectivity index (χ4v) is 7.91. The Morgan fingerprint density at radius 1 is 0.977 bits per heavy atom. The molecular formula is C31H32BrN5O4S2. The van der Waals surface area contributed by atoms with Gasteiger partial charge in [-0.2, -0.15) is 9.41 Å². The number of halogens is 1. The van der Waals surface area contributed by atoms with Crippen molar-refractivity contribution in [3.8, 4) is 11.3 Å². The molecule has 0 radical (unpaired) electrons. The smallest absolute Gasteiger partial charge is 0.258 e. The lowest BCUT2D eigenvalue weighted by atomic mass is 9.95. The van der Waals surface area contributed by atoms with Crippen molar-refractivity contribution in [1.82, 2.24) is 9.29 Å². The van der Waals surface area contributed by atoms with Gasteiger partial charge in [0.2, 0.25) is 15.2 Å². The van der Waals surface area contributed by atoms with Gasteiger partial charge in [-0.3, -0.25) is 10.1 Å². The molecule has 0 aliphatic carbocycles. The van der Waals surface area contributed by atoms with Gasteiger partial charge in [0.05, 0.1) is 27.3 Å². The van der Waals surface area contributed by atoms with E-state index < -0.39 is 10.0 Å². The summed E-state index contributed by atoms with van der Waals surface area (Å²) in [7, 11) is -3.51. The number of anilines is 1. The van der Waals surface area contributed by atoms with Gasteiger partial charge >= 0.3 is 0 Å². The highest BCUT2D eigenvalue weighted by Crippen LogP contribution is 2.40. The van der Waals surface area contributed by atoms with E-state index in [9.17, 15) is 18.5 Å². The van der Waals surface area contributed by atoms with E-state index in [4.69, 9.17) is 10.1 Å². The summed E-state index contributed by atoms with van der Waals surface area (Å²) in [4.78, 5) is 16.3. The second-order valence-electron chi connectivity index (χ2n) is 10.8. The van der Waals surface area contributed by atoms with E-state index in [0.29, 0.717) is 30.3 Å². The van der Waals surface area contributed by atoms with Crippen molar-refractivity contribution in [3.05, 3.63) is 104 Å². The van der Waals surface area contributed by atoms with E-state index in [1.807, 2.05) is 23.4 Å². The van der Waals surface area contributed by atoms with Crippen molar-refractivity contribution in [1.29, 1.82) is 0 Å². The van der Waals surface area contributed by atoms with Crippen LogP contribution in [0.1, 0.15) is 54.0 Å². The third-order valence-electron chi connectivity index (χ3n) is 7.87. The summed E-state index contributed by atoms with van der Waals surface area (Å²) in [5, 5.41) is 21.0. The fourth-order valence-electron chi connectivity index (χ4n) is 5.56. The first-order valence-corrected chi connectivity index (χ1v) is 16.3. The van der Waals surface area contributed by atoms with Crippen molar-refractivity contribution < 1.29 is 13.3 Å². The molecule has 2 aliphatic rings. The average Bonchev–Trinajstić information content (AvgIpc) is 3.67. The van der Waals surface area contributed by atoms with Gasteiger partial charge in [0.15, 0.2) is 0 Å². The number of hydrogen-bond acceptors (Lipinski definition) is 8. The zero-order valence-electron chi connectivity index (χ0n) is 23.8. The minimum Gasteiger partial charge on any atom is -0.258 e. The Morgan fingerprint density at radius 3 is 2.44 bits per heavy atom. The van der Waals surface area contributed by atoms with Crippen LogP contribution >= 0.6 is 28.3 Å². The average molecular weight is 683 g/mol. The van der Waals surface area contributed by atoms with Crippen LogP contribution in [0.3, 0.4) is 0 Å². The first-order valence-electron chi connectivity index (χ1n) is 14.0. The van der Waals surface area contributed by atoms with Crippen molar-refractivity contribution in [2.24, 2.45) is 5.10 Å². The second kappa shape index (κ2) is 12.7. The van der Waals surface area contributed by atoms with Crippen molar-refractivity contribution in [2.45, 2.75) is 50.5 Å². The van der Waals surface area contributed by atoms with E-state index >= 15 is 0 Å². The molecule has 3 aromatic carbocycles. The van der Waals surface area contributed by atoms with Gasteiger partial charge in [-0.1, -0.05) is 48.4 Å². The minimum atomic E-state index is -3.51. The van der Waals surface area contributed by atoms with Gasteiger partial charge in [0.1, 0.15) is 0 Å². The molecule has 0 bridgehead atoms. The quantitative estimate of drug-likeness (QED) is 0.148. The molecule has 1 atom stereocenters. The Balaban J connectivity index is 0.00000368. The first-order chi connectivity index (χ1) is 20.2. The number of nitro benzene ring substituents is 1. The van der Waals surface area contributed by atoms with Crippen LogP contribution in [-0.4, -0.2) is 41.4 Å². The van der Waals surface area contributed by atoms with Gasteiger partial charge in [0.25, 0.3) is 5.69 Å². The zero-order chi connectivity index (χ0) is 29.4. The monoisotopic (exact) mass is 681 g/mol. The summed E-state index contributed by atoms with van der Waals surface area (Å²) in [6.07, 6.45) is 3.41. The van der Waals surface area contributed by atoms with Gasteiger partial charge < -0.3 is 0 Å². The molecule has 3 heterocycles. The lowest BCUT2D eigenvalue weighted by Gasteiger charge is -2.25. The highest BCUT2D eigenvalue weighted by molar-refractivity contribution is 8.93. The number of non-ortho nitro benzene ring substituents is 1. The first kappa shape index (κ1) is 31.0. The topological polar surface area (TPSA) is 109 Å². The number of aromatic nitrogens is 1. The highest BCUT2D eigenvalue weighted by atomic mass is 79.9. The van der Waals surface area contributed by atoms with Crippen LogP contribution < -0.4 is 5.01 Å². The van der Waals surface area contributed by atoms with Crippen LogP contribution in [0, 0.1) is 24.0 Å². The lowest BCUT2D eigenvalue weighted by Crippen LogP contribution is -2.35. The molecule has 6 rings (SSSR count). The Bertz CT molecular complexity index is 1780. The number of aryl methyl sites for hydroxylation is 2. The second-order valence-corrected chi connectivity index (χ2v) is 13.6. The third kappa shape index (κ3) is 6.28. The van der Waals surface area contributed by atoms with Crippen molar-refractivity contribution in [3.63, 3.8) is 0 Å². The van der Waals surface area contributed by atoms with Gasteiger partial charge in [-0.15, -0.1) is 28.3 Å². The van der Waals surface area contributed by atoms with Gasteiger partial charge in [-0.05, 0) is 56.0 Å². The number of hydrazone groups is 1. The standard InChI is InChI=1S/C31H31N5O4S2.BrH/c1-21-9-10-22(2)27(17-21)28-19-30(24-7-6-8-25(18-24)36(37)38)35(33-28)31-32-29(20-41-31)23-11-13-26(14-12-23)42(39,40)34-15-4-3-5-16-34;/h6-14,17-18,20,30H,3-5,15-16,19H2,1-2H3;1H.